The van der Waals surface area contributed by atoms with Crippen LogP contribution < -0.4 is 15.2 Å². The van der Waals surface area contributed by atoms with Gasteiger partial charge in [0.25, 0.3) is 0 Å². The Labute approximate surface area is 129 Å². The fraction of sp³-hybridized carbons (Fsp3) is 0.200. The minimum Gasteiger partial charge on any atom is -0.493 e. The van der Waals surface area contributed by atoms with Crippen molar-refractivity contribution < 1.29 is 18.3 Å². The second kappa shape index (κ2) is 6.41. The topological polar surface area (TPSA) is 44.5 Å². The van der Waals surface area contributed by atoms with Crippen LogP contribution in [0.4, 0.5) is 8.78 Å². The molecule has 0 aliphatic heterocycles. The Balaban J connectivity index is 2.47. The van der Waals surface area contributed by atoms with Crippen LogP contribution in [0, 0.1) is 11.6 Å². The molecule has 2 aromatic rings. The van der Waals surface area contributed by atoms with E-state index in [9.17, 15) is 8.78 Å². The van der Waals surface area contributed by atoms with Crippen LogP contribution in [-0.4, -0.2) is 14.2 Å². The monoisotopic (exact) mass is 357 g/mol. The molecule has 1 unspecified atom stereocenters. The molecule has 2 aromatic carbocycles. The summed E-state index contributed by atoms with van der Waals surface area (Å²) in [6, 6.07) is 6.26. The zero-order valence-electron chi connectivity index (χ0n) is 11.5. The predicted octanol–water partition coefficient (Wildman–Crippen LogP) is 3.79. The summed E-state index contributed by atoms with van der Waals surface area (Å²) in [4.78, 5) is 0. The Morgan fingerprint density at radius 3 is 2.19 bits per heavy atom. The molecule has 1 atom stereocenters. The second-order valence-electron chi connectivity index (χ2n) is 4.38. The SMILES string of the molecule is COc1cc(F)c(C(N)c2ccc(F)c(Br)c2)cc1OC. The molecule has 112 valence electrons. The van der Waals surface area contributed by atoms with Gasteiger partial charge in [-0.3, -0.25) is 0 Å². The molecule has 0 spiro atoms. The summed E-state index contributed by atoms with van der Waals surface area (Å²) in [5, 5.41) is 0. The number of rotatable bonds is 4. The number of hydrogen-bond acceptors (Lipinski definition) is 3. The molecule has 21 heavy (non-hydrogen) atoms. The maximum Gasteiger partial charge on any atom is 0.163 e. The molecule has 0 radical (unpaired) electrons. The summed E-state index contributed by atoms with van der Waals surface area (Å²) in [5.41, 5.74) is 6.89. The molecule has 0 aliphatic carbocycles. The van der Waals surface area contributed by atoms with Crippen molar-refractivity contribution in [2.45, 2.75) is 6.04 Å². The fourth-order valence-electron chi connectivity index (χ4n) is 1.99. The second-order valence-corrected chi connectivity index (χ2v) is 5.23. The molecule has 2 N–H and O–H groups in total. The van der Waals surface area contributed by atoms with Gasteiger partial charge in [0.2, 0.25) is 0 Å². The molecular weight excluding hydrogens is 344 g/mol. The molecular formula is C15H14BrF2NO2. The van der Waals surface area contributed by atoms with Crippen LogP contribution in [0.2, 0.25) is 0 Å². The van der Waals surface area contributed by atoms with E-state index in [2.05, 4.69) is 15.9 Å². The van der Waals surface area contributed by atoms with Crippen molar-refractivity contribution in [1.82, 2.24) is 0 Å². The van der Waals surface area contributed by atoms with Gasteiger partial charge in [-0.15, -0.1) is 0 Å². The summed E-state index contributed by atoms with van der Waals surface area (Å²) in [7, 11) is 2.88. The highest BCUT2D eigenvalue weighted by molar-refractivity contribution is 9.10. The Morgan fingerprint density at radius 1 is 1.00 bits per heavy atom. The van der Waals surface area contributed by atoms with Gasteiger partial charge >= 0.3 is 0 Å². The van der Waals surface area contributed by atoms with Gasteiger partial charge in [0.05, 0.1) is 24.7 Å². The quantitative estimate of drug-likeness (QED) is 0.905. The first kappa shape index (κ1) is 15.7. The number of methoxy groups -OCH3 is 2. The van der Waals surface area contributed by atoms with E-state index < -0.39 is 17.7 Å². The highest BCUT2D eigenvalue weighted by atomic mass is 79.9. The third kappa shape index (κ3) is 3.16. The van der Waals surface area contributed by atoms with E-state index in [-0.39, 0.29) is 15.8 Å². The van der Waals surface area contributed by atoms with E-state index in [0.717, 1.165) is 0 Å². The highest BCUT2D eigenvalue weighted by Gasteiger charge is 2.18. The van der Waals surface area contributed by atoms with E-state index in [1.54, 1.807) is 0 Å². The number of hydrogen-bond donors (Lipinski definition) is 1. The van der Waals surface area contributed by atoms with E-state index in [1.807, 2.05) is 0 Å². The zero-order chi connectivity index (χ0) is 15.6. The smallest absolute Gasteiger partial charge is 0.163 e. The van der Waals surface area contributed by atoms with Gasteiger partial charge in [0, 0.05) is 11.6 Å². The first-order valence-corrected chi connectivity index (χ1v) is 6.89. The lowest BCUT2D eigenvalue weighted by molar-refractivity contribution is 0.351. The van der Waals surface area contributed by atoms with E-state index in [4.69, 9.17) is 15.2 Å². The Hall–Kier alpha value is -1.66. The van der Waals surface area contributed by atoms with Crippen LogP contribution in [0.15, 0.2) is 34.8 Å². The molecule has 3 nitrogen and oxygen atoms in total. The fourth-order valence-corrected chi connectivity index (χ4v) is 2.39. The largest absolute Gasteiger partial charge is 0.493 e. The number of benzene rings is 2. The van der Waals surface area contributed by atoms with Crippen LogP contribution in [0.25, 0.3) is 0 Å². The zero-order valence-corrected chi connectivity index (χ0v) is 13.1. The summed E-state index contributed by atoms with van der Waals surface area (Å²) >= 11 is 3.09. The van der Waals surface area contributed by atoms with Crippen molar-refractivity contribution in [3.05, 3.63) is 57.6 Å². The normalized spacial score (nSPS) is 12.1. The van der Waals surface area contributed by atoms with Gasteiger partial charge < -0.3 is 15.2 Å². The summed E-state index contributed by atoms with van der Waals surface area (Å²) in [6.45, 7) is 0. The molecule has 0 heterocycles. The Bertz CT molecular complexity index is 664. The highest BCUT2D eigenvalue weighted by Crippen LogP contribution is 2.34. The lowest BCUT2D eigenvalue weighted by atomic mass is 9.98. The van der Waals surface area contributed by atoms with Gasteiger partial charge in [-0.25, -0.2) is 8.78 Å². The van der Waals surface area contributed by atoms with E-state index in [1.165, 1.54) is 44.6 Å². The minimum atomic E-state index is -0.748. The van der Waals surface area contributed by atoms with Crippen molar-refractivity contribution >= 4 is 15.9 Å². The first-order valence-electron chi connectivity index (χ1n) is 6.10. The standard InChI is InChI=1S/C15H14BrF2NO2/c1-20-13-6-9(12(18)7-14(13)21-2)15(19)8-3-4-11(17)10(16)5-8/h3-7,15H,19H2,1-2H3. The molecule has 0 amide bonds. The average molecular weight is 358 g/mol. The van der Waals surface area contributed by atoms with Gasteiger partial charge in [0.15, 0.2) is 11.5 Å². The van der Waals surface area contributed by atoms with Crippen molar-refractivity contribution in [2.24, 2.45) is 5.73 Å². The third-order valence-electron chi connectivity index (χ3n) is 3.14. The average Bonchev–Trinajstić information content (AvgIpc) is 2.49. The Kier molecular flexibility index (Phi) is 4.80. The summed E-state index contributed by atoms with van der Waals surface area (Å²) in [6.07, 6.45) is 0. The maximum absolute atomic E-state index is 14.2. The van der Waals surface area contributed by atoms with Gasteiger partial charge in [-0.2, -0.15) is 0 Å². The summed E-state index contributed by atoms with van der Waals surface area (Å²) < 4.78 is 37.9. The van der Waals surface area contributed by atoms with Gasteiger partial charge in [-0.05, 0) is 39.7 Å². The van der Waals surface area contributed by atoms with Crippen LogP contribution in [0.1, 0.15) is 17.2 Å². The lowest BCUT2D eigenvalue weighted by Gasteiger charge is -2.17. The number of nitrogens with two attached hydrogens (primary N) is 1. The molecule has 0 aliphatic rings. The number of halogens is 3. The van der Waals surface area contributed by atoms with Gasteiger partial charge in [0.1, 0.15) is 11.6 Å². The van der Waals surface area contributed by atoms with Crippen LogP contribution >= 0.6 is 15.9 Å². The summed E-state index contributed by atoms with van der Waals surface area (Å²) in [5.74, 6) is -0.254. The molecule has 0 saturated heterocycles. The molecule has 6 heteroatoms. The van der Waals surface area contributed by atoms with Crippen LogP contribution in [-0.2, 0) is 0 Å². The van der Waals surface area contributed by atoms with Crippen molar-refractivity contribution in [2.75, 3.05) is 14.2 Å². The predicted molar refractivity (Wildman–Crippen MR) is 79.6 cm³/mol. The van der Waals surface area contributed by atoms with Gasteiger partial charge in [-0.1, -0.05) is 6.07 Å². The molecule has 0 fully saturated rings. The molecule has 0 saturated carbocycles. The molecule has 0 aromatic heterocycles. The van der Waals surface area contributed by atoms with Crippen molar-refractivity contribution in [1.29, 1.82) is 0 Å². The van der Waals surface area contributed by atoms with E-state index in [0.29, 0.717) is 11.3 Å². The van der Waals surface area contributed by atoms with Crippen molar-refractivity contribution in [3.8, 4) is 11.5 Å². The lowest BCUT2D eigenvalue weighted by Crippen LogP contribution is -2.14. The first-order chi connectivity index (χ1) is 9.97. The van der Waals surface area contributed by atoms with Crippen LogP contribution in [0.5, 0.6) is 11.5 Å². The molecule has 2 rings (SSSR count). The van der Waals surface area contributed by atoms with Crippen LogP contribution in [0.3, 0.4) is 0 Å². The third-order valence-corrected chi connectivity index (χ3v) is 3.75. The van der Waals surface area contributed by atoms with E-state index >= 15 is 0 Å². The van der Waals surface area contributed by atoms with Crippen molar-refractivity contribution in [3.63, 3.8) is 0 Å². The maximum atomic E-state index is 14.2. The minimum absolute atomic E-state index is 0.242. The Morgan fingerprint density at radius 2 is 1.62 bits per heavy atom. The molecule has 0 bridgehead atoms. The number of ether oxygens (including phenoxy) is 2.